The molecule has 1 aliphatic carbocycles. The summed E-state index contributed by atoms with van der Waals surface area (Å²) in [7, 11) is 0. The highest BCUT2D eigenvalue weighted by atomic mass is 79.9. The topological polar surface area (TPSA) is 25.8 Å². The van der Waals surface area contributed by atoms with Crippen LogP contribution >= 0.6 is 27.5 Å². The predicted molar refractivity (Wildman–Crippen MR) is 76.9 cm³/mol. The van der Waals surface area contributed by atoms with Crippen LogP contribution < -0.4 is 0 Å². The fourth-order valence-electron chi connectivity index (χ4n) is 1.86. The summed E-state index contributed by atoms with van der Waals surface area (Å²) in [6.45, 7) is 2.00. The number of rotatable bonds is 2. The number of hydrogen-bond acceptors (Lipinski definition) is 2. The third kappa shape index (κ3) is 2.43. The van der Waals surface area contributed by atoms with E-state index in [4.69, 9.17) is 11.6 Å². The first-order valence-corrected chi connectivity index (χ1v) is 7.11. The van der Waals surface area contributed by atoms with Crippen molar-refractivity contribution in [2.24, 2.45) is 0 Å². The molecule has 1 aromatic carbocycles. The van der Waals surface area contributed by atoms with Crippen molar-refractivity contribution >= 4 is 27.5 Å². The van der Waals surface area contributed by atoms with Gasteiger partial charge in [-0.2, -0.15) is 0 Å². The lowest BCUT2D eigenvalue weighted by Gasteiger charge is -2.06. The highest BCUT2D eigenvalue weighted by molar-refractivity contribution is 9.10. The molecule has 0 bridgehead atoms. The van der Waals surface area contributed by atoms with Gasteiger partial charge in [0.15, 0.2) is 0 Å². The van der Waals surface area contributed by atoms with E-state index in [1.54, 1.807) is 0 Å². The Morgan fingerprint density at radius 3 is 2.67 bits per heavy atom. The van der Waals surface area contributed by atoms with Crippen molar-refractivity contribution in [3.8, 4) is 11.3 Å². The van der Waals surface area contributed by atoms with Crippen LogP contribution in [0.4, 0.5) is 0 Å². The maximum atomic E-state index is 6.16. The molecule has 92 valence electrons. The molecule has 0 unspecified atom stereocenters. The molecule has 1 aromatic heterocycles. The second-order valence-corrected chi connectivity index (χ2v) is 5.89. The molecule has 0 amide bonds. The molecule has 0 N–H and O–H groups in total. The highest BCUT2D eigenvalue weighted by Gasteiger charge is 2.27. The lowest BCUT2D eigenvalue weighted by Crippen LogP contribution is -1.95. The lowest BCUT2D eigenvalue weighted by atomic mass is 10.1. The van der Waals surface area contributed by atoms with Gasteiger partial charge in [0, 0.05) is 16.5 Å². The molecule has 1 aliphatic rings. The molecule has 2 aromatic rings. The van der Waals surface area contributed by atoms with Gasteiger partial charge < -0.3 is 0 Å². The average Bonchev–Trinajstić information content (AvgIpc) is 3.16. The molecule has 0 saturated heterocycles. The SMILES string of the molecule is Cc1ccc(-c2cc(Br)nc(C3CC3)n2)cc1Cl. The van der Waals surface area contributed by atoms with E-state index in [0.29, 0.717) is 5.92 Å². The minimum absolute atomic E-state index is 0.544. The molecule has 2 nitrogen and oxygen atoms in total. The van der Waals surface area contributed by atoms with Crippen LogP contribution in [0, 0.1) is 6.92 Å². The zero-order valence-corrected chi connectivity index (χ0v) is 12.3. The van der Waals surface area contributed by atoms with Crippen LogP contribution in [0.3, 0.4) is 0 Å². The lowest BCUT2D eigenvalue weighted by molar-refractivity contribution is 0.919. The Kier molecular flexibility index (Phi) is 3.12. The minimum Gasteiger partial charge on any atom is -0.233 e. The summed E-state index contributed by atoms with van der Waals surface area (Å²) in [6, 6.07) is 7.96. The number of aromatic nitrogens is 2. The van der Waals surface area contributed by atoms with E-state index in [9.17, 15) is 0 Å². The Bertz CT molecular complexity index is 609. The van der Waals surface area contributed by atoms with Crippen LogP contribution in [0.1, 0.15) is 30.1 Å². The number of benzene rings is 1. The summed E-state index contributed by atoms with van der Waals surface area (Å²) >= 11 is 9.62. The summed E-state index contributed by atoms with van der Waals surface area (Å²) in [5.41, 5.74) is 3.05. The molecule has 0 spiro atoms. The average molecular weight is 324 g/mol. The van der Waals surface area contributed by atoms with Crippen molar-refractivity contribution in [3.63, 3.8) is 0 Å². The van der Waals surface area contributed by atoms with E-state index < -0.39 is 0 Å². The van der Waals surface area contributed by atoms with Crippen molar-refractivity contribution in [1.29, 1.82) is 0 Å². The van der Waals surface area contributed by atoms with E-state index in [1.807, 2.05) is 31.2 Å². The molecular weight excluding hydrogens is 312 g/mol. The largest absolute Gasteiger partial charge is 0.233 e. The number of hydrogen-bond donors (Lipinski definition) is 0. The van der Waals surface area contributed by atoms with Crippen molar-refractivity contribution in [2.45, 2.75) is 25.7 Å². The van der Waals surface area contributed by atoms with Crippen molar-refractivity contribution in [3.05, 3.63) is 45.3 Å². The first-order valence-electron chi connectivity index (χ1n) is 5.94. The molecule has 1 heterocycles. The standard InChI is InChI=1S/C14H12BrClN2/c1-8-2-3-10(6-11(8)16)12-7-13(15)18-14(17-12)9-4-5-9/h2-3,6-7,9H,4-5H2,1H3. The first kappa shape index (κ1) is 12.1. The van der Waals surface area contributed by atoms with Crippen molar-refractivity contribution < 1.29 is 0 Å². The van der Waals surface area contributed by atoms with Gasteiger partial charge in [0.2, 0.25) is 0 Å². The Hall–Kier alpha value is -0.930. The smallest absolute Gasteiger partial charge is 0.133 e. The molecule has 1 fully saturated rings. The first-order chi connectivity index (χ1) is 8.63. The molecule has 4 heteroatoms. The summed E-state index contributed by atoms with van der Waals surface area (Å²) in [4.78, 5) is 9.07. The zero-order chi connectivity index (χ0) is 12.7. The third-order valence-electron chi connectivity index (χ3n) is 3.12. The van der Waals surface area contributed by atoms with Crippen LogP contribution in [0.2, 0.25) is 5.02 Å². The molecular formula is C14H12BrClN2. The van der Waals surface area contributed by atoms with E-state index in [-0.39, 0.29) is 0 Å². The zero-order valence-electron chi connectivity index (χ0n) is 9.95. The number of nitrogens with zero attached hydrogens (tertiary/aromatic N) is 2. The molecule has 3 rings (SSSR count). The maximum absolute atomic E-state index is 6.16. The van der Waals surface area contributed by atoms with Crippen LogP contribution in [0.15, 0.2) is 28.9 Å². The van der Waals surface area contributed by atoms with Gasteiger partial charge in [0.1, 0.15) is 10.4 Å². The minimum atomic E-state index is 0.544. The highest BCUT2D eigenvalue weighted by Crippen LogP contribution is 2.39. The van der Waals surface area contributed by atoms with Gasteiger partial charge in [-0.05, 0) is 53.4 Å². The van der Waals surface area contributed by atoms with E-state index in [1.165, 1.54) is 12.8 Å². The molecule has 0 radical (unpaired) electrons. The third-order valence-corrected chi connectivity index (χ3v) is 3.94. The van der Waals surface area contributed by atoms with Gasteiger partial charge in [-0.25, -0.2) is 9.97 Å². The molecule has 18 heavy (non-hydrogen) atoms. The Labute approximate surface area is 120 Å². The Morgan fingerprint density at radius 2 is 2.00 bits per heavy atom. The van der Waals surface area contributed by atoms with Gasteiger partial charge in [0.05, 0.1) is 5.69 Å². The molecule has 0 aliphatic heterocycles. The van der Waals surface area contributed by atoms with Crippen molar-refractivity contribution in [2.75, 3.05) is 0 Å². The monoisotopic (exact) mass is 322 g/mol. The van der Waals surface area contributed by atoms with E-state index >= 15 is 0 Å². The summed E-state index contributed by atoms with van der Waals surface area (Å²) < 4.78 is 0.839. The van der Waals surface area contributed by atoms with Crippen LogP contribution in [-0.2, 0) is 0 Å². The quantitative estimate of drug-likeness (QED) is 0.746. The summed E-state index contributed by atoms with van der Waals surface area (Å²) in [5.74, 6) is 1.48. The summed E-state index contributed by atoms with van der Waals surface area (Å²) in [6.07, 6.45) is 2.40. The maximum Gasteiger partial charge on any atom is 0.133 e. The second-order valence-electron chi connectivity index (χ2n) is 4.67. The van der Waals surface area contributed by atoms with Crippen LogP contribution in [0.5, 0.6) is 0 Å². The van der Waals surface area contributed by atoms with Gasteiger partial charge in [0.25, 0.3) is 0 Å². The Morgan fingerprint density at radius 1 is 1.22 bits per heavy atom. The van der Waals surface area contributed by atoms with Crippen molar-refractivity contribution in [1.82, 2.24) is 9.97 Å². The second kappa shape index (κ2) is 4.63. The van der Waals surface area contributed by atoms with Gasteiger partial charge in [-0.1, -0.05) is 23.7 Å². The van der Waals surface area contributed by atoms with Crippen LogP contribution in [0.25, 0.3) is 11.3 Å². The normalized spacial score (nSPS) is 14.8. The fourth-order valence-corrected chi connectivity index (χ4v) is 2.44. The van der Waals surface area contributed by atoms with Crippen LogP contribution in [-0.4, -0.2) is 9.97 Å². The van der Waals surface area contributed by atoms with Gasteiger partial charge in [-0.15, -0.1) is 0 Å². The number of aryl methyl sites for hydroxylation is 1. The summed E-state index contributed by atoms with van der Waals surface area (Å²) in [5, 5.41) is 0.773. The van der Waals surface area contributed by atoms with E-state index in [0.717, 1.165) is 32.3 Å². The molecule has 1 saturated carbocycles. The predicted octanol–water partition coefficient (Wildman–Crippen LogP) is 4.75. The van der Waals surface area contributed by atoms with E-state index in [2.05, 4.69) is 25.9 Å². The van der Waals surface area contributed by atoms with Gasteiger partial charge in [-0.3, -0.25) is 0 Å². The Balaban J connectivity index is 2.07. The fraction of sp³-hybridized carbons (Fsp3) is 0.286. The molecule has 0 atom stereocenters. The number of halogens is 2. The van der Waals surface area contributed by atoms with Gasteiger partial charge >= 0.3 is 0 Å².